The summed E-state index contributed by atoms with van der Waals surface area (Å²) < 4.78 is 11.7. The van der Waals surface area contributed by atoms with E-state index in [1.54, 1.807) is 34.6 Å². The van der Waals surface area contributed by atoms with Crippen molar-refractivity contribution in [3.8, 4) is 0 Å². The van der Waals surface area contributed by atoms with Crippen LogP contribution in [0, 0.1) is 6.92 Å². The molecule has 0 saturated carbocycles. The lowest BCUT2D eigenvalue weighted by Gasteiger charge is -2.23. The van der Waals surface area contributed by atoms with Crippen molar-refractivity contribution in [2.45, 2.75) is 65.3 Å². The number of alkyl carbamates (subject to hydrolysis) is 1. The molecule has 0 aromatic carbocycles. The fourth-order valence-corrected chi connectivity index (χ4v) is 3.30. The molecule has 0 radical (unpaired) electrons. The second-order valence-corrected chi connectivity index (χ2v) is 8.19. The standard InChI is InChI=1S/C19H30N4O6/c1-6-28-15(24)11-22-9-13(20-18(27)29-19(3,4)5)7-14(22)10-23-8-12(2)16(25)21-17(23)26/h8,13-14H,6-7,9-11H2,1-5H3,(H,20,27)(H,21,25,26)/t13-,14-/m1/s1. The van der Waals surface area contributed by atoms with Gasteiger partial charge in [-0.1, -0.05) is 0 Å². The highest BCUT2D eigenvalue weighted by atomic mass is 16.6. The van der Waals surface area contributed by atoms with Gasteiger partial charge in [0.2, 0.25) is 0 Å². The number of likely N-dealkylation sites (tertiary alicyclic amines) is 1. The number of carbonyl (C=O) groups excluding carboxylic acids is 2. The van der Waals surface area contributed by atoms with Gasteiger partial charge in [-0.05, 0) is 41.0 Å². The van der Waals surface area contributed by atoms with Crippen molar-refractivity contribution in [2.24, 2.45) is 0 Å². The number of aryl methyl sites for hydroxylation is 1. The first kappa shape index (κ1) is 22.7. The Morgan fingerprint density at radius 2 is 2.00 bits per heavy atom. The second kappa shape index (κ2) is 9.25. The molecule has 10 heteroatoms. The predicted octanol–water partition coefficient (Wildman–Crippen LogP) is 0.376. The van der Waals surface area contributed by atoms with Gasteiger partial charge in [0.1, 0.15) is 5.60 Å². The van der Waals surface area contributed by atoms with E-state index in [9.17, 15) is 19.2 Å². The molecule has 2 N–H and O–H groups in total. The highest BCUT2D eigenvalue weighted by Crippen LogP contribution is 2.20. The first-order valence-electron chi connectivity index (χ1n) is 9.68. The summed E-state index contributed by atoms with van der Waals surface area (Å²) in [5.41, 5.74) is -1.14. The van der Waals surface area contributed by atoms with Gasteiger partial charge in [-0.3, -0.25) is 24.0 Å². The van der Waals surface area contributed by atoms with E-state index in [0.29, 0.717) is 18.5 Å². The zero-order chi connectivity index (χ0) is 21.8. The van der Waals surface area contributed by atoms with Gasteiger partial charge < -0.3 is 14.8 Å². The molecule has 2 heterocycles. The average molecular weight is 410 g/mol. The number of amides is 1. The molecule has 1 aliphatic rings. The van der Waals surface area contributed by atoms with Crippen LogP contribution in [0.15, 0.2) is 15.8 Å². The van der Waals surface area contributed by atoms with Crippen molar-refractivity contribution in [1.82, 2.24) is 19.8 Å². The van der Waals surface area contributed by atoms with Crippen molar-refractivity contribution in [3.63, 3.8) is 0 Å². The van der Waals surface area contributed by atoms with Crippen molar-refractivity contribution in [2.75, 3.05) is 19.7 Å². The van der Waals surface area contributed by atoms with Crippen LogP contribution in [0.25, 0.3) is 0 Å². The van der Waals surface area contributed by atoms with Gasteiger partial charge in [0, 0.05) is 36.9 Å². The number of aromatic nitrogens is 2. The third-order valence-electron chi connectivity index (χ3n) is 4.48. The number of hydrogen-bond acceptors (Lipinski definition) is 7. The van der Waals surface area contributed by atoms with Crippen LogP contribution in [0.3, 0.4) is 0 Å². The van der Waals surface area contributed by atoms with Crippen LogP contribution in [0.4, 0.5) is 4.79 Å². The summed E-state index contributed by atoms with van der Waals surface area (Å²) in [7, 11) is 0. The first-order valence-corrected chi connectivity index (χ1v) is 9.68. The third kappa shape index (κ3) is 6.74. The number of nitrogens with one attached hydrogen (secondary N) is 2. The largest absolute Gasteiger partial charge is 0.465 e. The lowest BCUT2D eigenvalue weighted by Crippen LogP contribution is -2.42. The van der Waals surface area contributed by atoms with E-state index < -0.39 is 22.9 Å². The van der Waals surface area contributed by atoms with Gasteiger partial charge in [0.25, 0.3) is 5.56 Å². The molecule has 0 bridgehead atoms. The van der Waals surface area contributed by atoms with Crippen molar-refractivity contribution in [3.05, 3.63) is 32.6 Å². The van der Waals surface area contributed by atoms with E-state index in [-0.39, 0.29) is 37.7 Å². The van der Waals surface area contributed by atoms with Gasteiger partial charge in [0.15, 0.2) is 0 Å². The summed E-state index contributed by atoms with van der Waals surface area (Å²) in [5, 5.41) is 2.82. The molecule has 1 fully saturated rings. The summed E-state index contributed by atoms with van der Waals surface area (Å²) in [4.78, 5) is 52.0. The molecule has 1 aromatic rings. The van der Waals surface area contributed by atoms with Gasteiger partial charge >= 0.3 is 17.8 Å². The number of H-pyrrole nitrogens is 1. The van der Waals surface area contributed by atoms with Crippen LogP contribution in [-0.2, 0) is 20.8 Å². The SMILES string of the molecule is CCOC(=O)CN1C[C@H](NC(=O)OC(C)(C)C)C[C@@H]1Cn1cc(C)c(=O)[nH]c1=O. The Morgan fingerprint density at radius 1 is 1.31 bits per heavy atom. The van der Waals surface area contributed by atoms with Gasteiger partial charge in [0.05, 0.1) is 13.2 Å². The third-order valence-corrected chi connectivity index (χ3v) is 4.48. The predicted molar refractivity (Wildman–Crippen MR) is 106 cm³/mol. The highest BCUT2D eigenvalue weighted by molar-refractivity contribution is 5.72. The Morgan fingerprint density at radius 3 is 2.62 bits per heavy atom. The zero-order valence-corrected chi connectivity index (χ0v) is 17.6. The summed E-state index contributed by atoms with van der Waals surface area (Å²) >= 11 is 0. The molecule has 0 unspecified atom stereocenters. The van der Waals surface area contributed by atoms with E-state index in [2.05, 4.69) is 10.3 Å². The number of aromatic amines is 1. The molecule has 1 aliphatic heterocycles. The summed E-state index contributed by atoms with van der Waals surface area (Å²) in [5.74, 6) is -0.375. The Kier molecular flexibility index (Phi) is 7.23. The van der Waals surface area contributed by atoms with Gasteiger partial charge in [-0.25, -0.2) is 9.59 Å². The molecule has 1 aromatic heterocycles. The summed E-state index contributed by atoms with van der Waals surface area (Å²) in [6.07, 6.45) is 1.48. The maximum absolute atomic E-state index is 12.1. The molecule has 2 rings (SSSR count). The number of carbonyl (C=O) groups is 2. The number of hydrogen-bond donors (Lipinski definition) is 2. The van der Waals surface area contributed by atoms with Crippen molar-refractivity contribution >= 4 is 12.1 Å². The molecule has 0 aliphatic carbocycles. The number of nitrogens with zero attached hydrogens (tertiary/aromatic N) is 2. The second-order valence-electron chi connectivity index (χ2n) is 8.19. The van der Waals surface area contributed by atoms with E-state index >= 15 is 0 Å². The van der Waals surface area contributed by atoms with E-state index in [0.717, 1.165) is 0 Å². The molecular weight excluding hydrogens is 380 g/mol. The molecule has 1 saturated heterocycles. The smallest absolute Gasteiger partial charge is 0.407 e. The van der Waals surface area contributed by atoms with Gasteiger partial charge in [-0.15, -0.1) is 0 Å². The van der Waals surface area contributed by atoms with E-state index in [1.165, 1.54) is 10.8 Å². The minimum absolute atomic E-state index is 0.0437. The van der Waals surface area contributed by atoms with Crippen LogP contribution in [0.2, 0.25) is 0 Å². The molecule has 162 valence electrons. The fourth-order valence-electron chi connectivity index (χ4n) is 3.30. The number of esters is 1. The molecule has 10 nitrogen and oxygen atoms in total. The molecule has 0 spiro atoms. The van der Waals surface area contributed by atoms with E-state index in [4.69, 9.17) is 9.47 Å². The van der Waals surface area contributed by atoms with Crippen LogP contribution in [-0.4, -0.2) is 63.9 Å². The first-order chi connectivity index (χ1) is 13.5. The van der Waals surface area contributed by atoms with Crippen molar-refractivity contribution in [1.29, 1.82) is 0 Å². The van der Waals surface area contributed by atoms with E-state index in [1.807, 2.05) is 4.90 Å². The summed E-state index contributed by atoms with van der Waals surface area (Å²) in [6, 6.07) is -0.453. The minimum Gasteiger partial charge on any atom is -0.465 e. The topological polar surface area (TPSA) is 123 Å². The minimum atomic E-state index is -0.618. The van der Waals surface area contributed by atoms with Crippen LogP contribution < -0.4 is 16.6 Å². The van der Waals surface area contributed by atoms with Crippen LogP contribution >= 0.6 is 0 Å². The monoisotopic (exact) mass is 410 g/mol. The average Bonchev–Trinajstić information content (AvgIpc) is 2.91. The highest BCUT2D eigenvalue weighted by Gasteiger charge is 2.35. The zero-order valence-electron chi connectivity index (χ0n) is 17.6. The maximum Gasteiger partial charge on any atom is 0.407 e. The maximum atomic E-state index is 12.1. The molecule has 1 amide bonds. The van der Waals surface area contributed by atoms with Crippen molar-refractivity contribution < 1.29 is 19.1 Å². The Bertz CT molecular complexity index is 853. The van der Waals surface area contributed by atoms with Gasteiger partial charge in [-0.2, -0.15) is 0 Å². The molecular formula is C19H30N4O6. The normalized spacial score (nSPS) is 19.8. The summed E-state index contributed by atoms with van der Waals surface area (Å²) in [6.45, 7) is 9.69. The van der Waals surface area contributed by atoms with Crippen LogP contribution in [0.1, 0.15) is 39.7 Å². The Labute approximate surface area is 169 Å². The number of ether oxygens (including phenoxy) is 2. The Hall–Kier alpha value is -2.62. The lowest BCUT2D eigenvalue weighted by atomic mass is 10.1. The lowest BCUT2D eigenvalue weighted by molar-refractivity contribution is -0.144. The number of rotatable bonds is 6. The van der Waals surface area contributed by atoms with Crippen LogP contribution in [0.5, 0.6) is 0 Å². The fraction of sp³-hybridized carbons (Fsp3) is 0.684. The Balaban J connectivity index is 2.14. The quantitative estimate of drug-likeness (QED) is 0.650. The molecule has 29 heavy (non-hydrogen) atoms. The molecule has 2 atom stereocenters.